The second-order valence-corrected chi connectivity index (χ2v) is 12.8. The first-order valence-corrected chi connectivity index (χ1v) is 15.2. The number of fused-ring (bicyclic) bond motifs is 3. The van der Waals surface area contributed by atoms with Crippen molar-refractivity contribution in [1.82, 2.24) is 0 Å². The van der Waals surface area contributed by atoms with E-state index in [2.05, 4.69) is 13.0 Å². The number of rotatable bonds is 11. The summed E-state index contributed by atoms with van der Waals surface area (Å²) in [6.45, 7) is 5.03. The molecule has 3 aromatic rings. The summed E-state index contributed by atoms with van der Waals surface area (Å²) in [5, 5.41) is 9.16. The first kappa shape index (κ1) is 27.1. The van der Waals surface area contributed by atoms with Gasteiger partial charge < -0.3 is 19.3 Å². The molecule has 0 unspecified atom stereocenters. The monoisotopic (exact) mass is 550 g/mol. The van der Waals surface area contributed by atoms with E-state index in [4.69, 9.17) is 19.3 Å². The van der Waals surface area contributed by atoms with Crippen LogP contribution in [0.3, 0.4) is 0 Å². The van der Waals surface area contributed by atoms with Crippen molar-refractivity contribution in [1.29, 1.82) is 0 Å². The number of carboxylic acid groups (broad SMARTS) is 1. The van der Waals surface area contributed by atoms with Crippen molar-refractivity contribution < 1.29 is 32.5 Å². The molecule has 0 aromatic heterocycles. The average Bonchev–Trinajstić information content (AvgIpc) is 3.74. The van der Waals surface area contributed by atoms with E-state index in [9.17, 15) is 13.2 Å². The summed E-state index contributed by atoms with van der Waals surface area (Å²) in [6, 6.07) is 17.9. The van der Waals surface area contributed by atoms with E-state index in [0.717, 1.165) is 57.1 Å². The summed E-state index contributed by atoms with van der Waals surface area (Å²) in [4.78, 5) is 11.1. The molecule has 2 aliphatic rings. The number of aliphatic carboxylic acids is 1. The molecule has 1 fully saturated rings. The van der Waals surface area contributed by atoms with Gasteiger partial charge in [0, 0.05) is 17.7 Å². The number of benzene rings is 3. The molecule has 1 N–H and O–H groups in total. The second-order valence-electron chi connectivity index (χ2n) is 10.3. The van der Waals surface area contributed by atoms with Gasteiger partial charge in [0.1, 0.15) is 33.7 Å². The highest BCUT2D eigenvalue weighted by molar-refractivity contribution is 7.91. The Morgan fingerprint density at radius 2 is 1.85 bits per heavy atom. The fourth-order valence-electron chi connectivity index (χ4n) is 5.18. The Labute approximate surface area is 229 Å². The highest BCUT2D eigenvalue weighted by atomic mass is 32.2. The van der Waals surface area contributed by atoms with Crippen LogP contribution in [-0.2, 0) is 27.7 Å². The maximum Gasteiger partial charge on any atom is 0.307 e. The third kappa shape index (κ3) is 6.38. The van der Waals surface area contributed by atoms with Crippen molar-refractivity contribution in [3.8, 4) is 28.4 Å². The van der Waals surface area contributed by atoms with Gasteiger partial charge in [-0.2, -0.15) is 0 Å². The molecule has 0 saturated heterocycles. The Balaban J connectivity index is 1.27. The standard InChI is InChI=1S/C31H34O7S/c1-3-39(34,35)14-4-12-36-25-15-20(2)30-23(17-25)11-13-37-29-10-5-21(16-28(29)30)19-38-24-8-6-22(7-9-24)26-18-27(26)31(32)33/h5-10,15-17,26-27H,3-4,11-14,18-19H2,1-2H3,(H,32,33)/t26-,27+/m1/s1. The molecule has 0 bridgehead atoms. The summed E-state index contributed by atoms with van der Waals surface area (Å²) >= 11 is 0. The lowest BCUT2D eigenvalue weighted by atomic mass is 9.92. The van der Waals surface area contributed by atoms with Crippen LogP contribution < -0.4 is 14.2 Å². The number of hydrogen-bond donors (Lipinski definition) is 1. The first-order valence-electron chi connectivity index (χ1n) is 13.4. The lowest BCUT2D eigenvalue weighted by Gasteiger charge is -2.16. The van der Waals surface area contributed by atoms with E-state index in [-0.39, 0.29) is 23.3 Å². The number of aryl methyl sites for hydroxylation is 1. The van der Waals surface area contributed by atoms with Gasteiger partial charge in [0.05, 0.1) is 24.9 Å². The normalized spacial score (nSPS) is 17.8. The zero-order chi connectivity index (χ0) is 27.6. The van der Waals surface area contributed by atoms with Crippen LogP contribution in [0.2, 0.25) is 0 Å². The molecule has 3 aromatic carbocycles. The zero-order valence-corrected chi connectivity index (χ0v) is 23.1. The Kier molecular flexibility index (Phi) is 7.84. The van der Waals surface area contributed by atoms with Gasteiger partial charge in [-0.05, 0) is 89.9 Å². The van der Waals surface area contributed by atoms with Crippen molar-refractivity contribution in [3.63, 3.8) is 0 Å². The molecule has 2 atom stereocenters. The van der Waals surface area contributed by atoms with Crippen LogP contribution >= 0.6 is 0 Å². The van der Waals surface area contributed by atoms with Gasteiger partial charge in [-0.1, -0.05) is 25.1 Å². The van der Waals surface area contributed by atoms with E-state index in [1.807, 2.05) is 48.5 Å². The van der Waals surface area contributed by atoms with Gasteiger partial charge in [0.2, 0.25) is 0 Å². The summed E-state index contributed by atoms with van der Waals surface area (Å²) in [7, 11) is -3.00. The molecule has 0 spiro atoms. The fraction of sp³-hybridized carbons (Fsp3) is 0.387. The van der Waals surface area contributed by atoms with E-state index in [1.165, 1.54) is 0 Å². The van der Waals surface area contributed by atoms with Crippen LogP contribution in [0.1, 0.15) is 47.9 Å². The highest BCUT2D eigenvalue weighted by Crippen LogP contribution is 2.47. The fourth-order valence-corrected chi connectivity index (χ4v) is 6.02. The molecular formula is C31H34O7S. The van der Waals surface area contributed by atoms with Crippen LogP contribution in [-0.4, -0.2) is 44.2 Å². The second kappa shape index (κ2) is 11.3. The number of carbonyl (C=O) groups is 1. The summed E-state index contributed by atoms with van der Waals surface area (Å²) in [6.07, 6.45) is 1.91. The third-order valence-corrected chi connectivity index (χ3v) is 9.25. The first-order chi connectivity index (χ1) is 18.7. The quantitative estimate of drug-likeness (QED) is 0.312. The number of sulfone groups is 1. The van der Waals surface area contributed by atoms with E-state index in [0.29, 0.717) is 32.7 Å². The van der Waals surface area contributed by atoms with Crippen molar-refractivity contribution in [3.05, 3.63) is 76.9 Å². The maximum absolute atomic E-state index is 11.7. The Bertz CT molecular complexity index is 1460. The molecule has 7 nitrogen and oxygen atoms in total. The van der Waals surface area contributed by atoms with Crippen molar-refractivity contribution >= 4 is 15.8 Å². The van der Waals surface area contributed by atoms with E-state index in [1.54, 1.807) is 6.92 Å². The number of carboxylic acids is 1. The highest BCUT2D eigenvalue weighted by Gasteiger charge is 2.44. The lowest BCUT2D eigenvalue weighted by molar-refractivity contribution is -0.138. The van der Waals surface area contributed by atoms with E-state index >= 15 is 0 Å². The van der Waals surface area contributed by atoms with Crippen LogP contribution in [0, 0.1) is 12.8 Å². The summed E-state index contributed by atoms with van der Waals surface area (Å²) < 4.78 is 41.5. The number of hydrogen-bond acceptors (Lipinski definition) is 6. The van der Waals surface area contributed by atoms with Gasteiger partial charge in [-0.15, -0.1) is 0 Å². The largest absolute Gasteiger partial charge is 0.494 e. The minimum Gasteiger partial charge on any atom is -0.494 e. The molecule has 1 aliphatic heterocycles. The Morgan fingerprint density at radius 1 is 1.05 bits per heavy atom. The topological polar surface area (TPSA) is 99.1 Å². The van der Waals surface area contributed by atoms with Crippen molar-refractivity contribution in [2.45, 2.75) is 45.6 Å². The lowest BCUT2D eigenvalue weighted by Crippen LogP contribution is -2.12. The molecule has 206 valence electrons. The van der Waals surface area contributed by atoms with Crippen LogP contribution in [0.25, 0.3) is 11.1 Å². The molecule has 8 heteroatoms. The minimum absolute atomic E-state index is 0.104. The van der Waals surface area contributed by atoms with Gasteiger partial charge in [0.25, 0.3) is 0 Å². The molecule has 0 amide bonds. The van der Waals surface area contributed by atoms with Gasteiger partial charge in [-0.3, -0.25) is 4.79 Å². The van der Waals surface area contributed by atoms with Gasteiger partial charge in [-0.25, -0.2) is 8.42 Å². The number of ether oxygens (including phenoxy) is 3. The van der Waals surface area contributed by atoms with Crippen molar-refractivity contribution in [2.24, 2.45) is 5.92 Å². The third-order valence-electron chi connectivity index (χ3n) is 7.46. The predicted octanol–water partition coefficient (Wildman–Crippen LogP) is 5.57. The molecule has 5 rings (SSSR count). The molecule has 1 saturated carbocycles. The predicted molar refractivity (Wildman–Crippen MR) is 150 cm³/mol. The van der Waals surface area contributed by atoms with Crippen molar-refractivity contribution in [2.75, 3.05) is 24.7 Å². The molecule has 1 heterocycles. The van der Waals surface area contributed by atoms with Crippen LogP contribution in [0.5, 0.6) is 17.2 Å². The summed E-state index contributed by atoms with van der Waals surface area (Å²) in [5.74, 6) is 1.71. The Hall–Kier alpha value is -3.52. The summed E-state index contributed by atoms with van der Waals surface area (Å²) in [5.41, 5.74) is 6.41. The van der Waals surface area contributed by atoms with Crippen LogP contribution in [0.4, 0.5) is 0 Å². The SMILES string of the molecule is CCS(=O)(=O)CCCOc1cc(C)c2c(c1)CCOc1ccc(COc3ccc([C@H]4C[C@@H]4C(=O)O)cc3)cc1-2. The molecule has 1 aliphatic carbocycles. The van der Waals surface area contributed by atoms with Gasteiger partial charge in [0.15, 0.2) is 0 Å². The Morgan fingerprint density at radius 3 is 2.56 bits per heavy atom. The molecular weight excluding hydrogens is 516 g/mol. The van der Waals surface area contributed by atoms with Gasteiger partial charge >= 0.3 is 5.97 Å². The molecule has 0 radical (unpaired) electrons. The minimum atomic E-state index is -3.00. The zero-order valence-electron chi connectivity index (χ0n) is 22.3. The van der Waals surface area contributed by atoms with Crippen LogP contribution in [0.15, 0.2) is 54.6 Å². The molecule has 39 heavy (non-hydrogen) atoms. The maximum atomic E-state index is 11.7. The average molecular weight is 551 g/mol. The smallest absolute Gasteiger partial charge is 0.307 e. The van der Waals surface area contributed by atoms with E-state index < -0.39 is 15.8 Å².